The molecule has 39 heteroatoms. The maximum atomic E-state index is 12.6. The predicted molar refractivity (Wildman–Crippen MR) is 491 cm³/mol. The first-order valence-corrected chi connectivity index (χ1v) is 44.7. The third kappa shape index (κ3) is 23.1. The summed E-state index contributed by atoms with van der Waals surface area (Å²) >= 11 is 30.5. The van der Waals surface area contributed by atoms with Crippen molar-refractivity contribution in [2.24, 2.45) is 56.4 Å². The number of aryl methyl sites for hydroxylation is 8. The van der Waals surface area contributed by atoms with Crippen molar-refractivity contribution in [2.45, 2.75) is 104 Å². The molecule has 12 aromatic rings. The van der Waals surface area contributed by atoms with Gasteiger partial charge in [0.05, 0.1) is 41.9 Å². The molecule has 4 fully saturated rings. The van der Waals surface area contributed by atoms with E-state index in [1.807, 2.05) is 66.8 Å². The van der Waals surface area contributed by atoms with Crippen LogP contribution in [0.4, 0.5) is 0 Å². The van der Waals surface area contributed by atoms with Crippen LogP contribution in [0.1, 0.15) is 73.9 Å². The molecule has 13 heterocycles. The second kappa shape index (κ2) is 43.3. The lowest BCUT2D eigenvalue weighted by Gasteiger charge is -2.22. The van der Waals surface area contributed by atoms with Crippen molar-refractivity contribution < 1.29 is 0 Å². The van der Waals surface area contributed by atoms with Crippen LogP contribution in [0.5, 0.6) is 0 Å². The van der Waals surface area contributed by atoms with E-state index >= 15 is 0 Å². The zero-order valence-corrected chi connectivity index (χ0v) is 76.3. The van der Waals surface area contributed by atoms with E-state index in [9.17, 15) is 38.4 Å². The zero-order valence-electron chi connectivity index (χ0n) is 72.6. The monoisotopic (exact) mass is 1810 g/mol. The Morgan fingerprint density at radius 1 is 0.280 bits per heavy atom. The first kappa shape index (κ1) is 93.1. The van der Waals surface area contributed by atoms with Gasteiger partial charge in [-0.3, -0.25) is 75.3 Å². The van der Waals surface area contributed by atoms with Crippen molar-refractivity contribution >= 4 is 103 Å². The van der Waals surface area contributed by atoms with Crippen molar-refractivity contribution in [3.05, 3.63) is 235 Å². The van der Waals surface area contributed by atoms with E-state index in [2.05, 4.69) is 81.2 Å². The molecule has 4 aliphatic heterocycles. The Morgan fingerprint density at radius 3 is 0.928 bits per heavy atom. The molecule has 0 bridgehead atoms. The van der Waals surface area contributed by atoms with Crippen LogP contribution in [-0.4, -0.2) is 255 Å². The van der Waals surface area contributed by atoms with Crippen LogP contribution in [0, 0.1) is 0 Å². The molecule has 9 aromatic heterocycles. The van der Waals surface area contributed by atoms with Crippen LogP contribution in [0.2, 0.25) is 25.1 Å². The number of imidazole rings is 4. The summed E-state index contributed by atoms with van der Waals surface area (Å²) in [5, 5.41) is 3.34. The summed E-state index contributed by atoms with van der Waals surface area (Å²) in [6.45, 7) is 26.6. The molecule has 0 unspecified atom stereocenters. The molecule has 0 aliphatic carbocycles. The average Bonchev–Trinajstić information content (AvgIpc) is 1.68. The Labute approximate surface area is 748 Å². The smallest absolute Gasteiger partial charge is 0.325 e. The van der Waals surface area contributed by atoms with Crippen LogP contribution >= 0.6 is 58.0 Å². The average molecular weight is 1820 g/mol. The highest BCUT2D eigenvalue weighted by Crippen LogP contribution is 2.26. The summed E-state index contributed by atoms with van der Waals surface area (Å²) in [5.74, 6) is 0.869. The van der Waals surface area contributed by atoms with Crippen molar-refractivity contribution in [1.82, 2.24) is 124 Å². The number of benzene rings is 3. The Bertz CT molecular complexity index is 6240. The zero-order chi connectivity index (χ0) is 88.7. The summed E-state index contributed by atoms with van der Waals surface area (Å²) in [6.07, 6.45) is 18.3. The van der Waals surface area contributed by atoms with Gasteiger partial charge in [-0.1, -0.05) is 82.3 Å². The topological polar surface area (TPSA) is 299 Å². The largest absolute Gasteiger partial charge is 0.332 e. The Balaban J connectivity index is 0.000000143. The summed E-state index contributed by atoms with van der Waals surface area (Å²) in [7, 11) is 12.6. The van der Waals surface area contributed by atoms with E-state index in [0.717, 1.165) is 248 Å². The van der Waals surface area contributed by atoms with Gasteiger partial charge in [0.15, 0.2) is 44.7 Å². The van der Waals surface area contributed by atoms with E-state index in [1.165, 1.54) is 57.6 Å². The minimum absolute atomic E-state index is 0.289. The van der Waals surface area contributed by atoms with Crippen LogP contribution in [0.15, 0.2) is 143 Å². The highest BCUT2D eigenvalue weighted by Gasteiger charge is 2.25. The molecule has 0 atom stereocenters. The lowest BCUT2D eigenvalue weighted by molar-refractivity contribution is 0.244. The van der Waals surface area contributed by atoms with Gasteiger partial charge in [0.1, 0.15) is 5.82 Å². The Morgan fingerprint density at radius 2 is 0.584 bits per heavy atom. The second-order valence-corrected chi connectivity index (χ2v) is 34.9. The first-order valence-electron chi connectivity index (χ1n) is 42.8. The van der Waals surface area contributed by atoms with E-state index in [4.69, 9.17) is 58.0 Å². The Kier molecular flexibility index (Phi) is 32.3. The molecule has 3 aromatic carbocycles. The fourth-order valence-corrected chi connectivity index (χ4v) is 17.9. The molecule has 4 saturated heterocycles. The fourth-order valence-electron chi connectivity index (χ4n) is 17.0. The molecule has 4 aliphatic rings. The van der Waals surface area contributed by atoms with Crippen LogP contribution < -0.4 is 45.0 Å². The van der Waals surface area contributed by atoms with Gasteiger partial charge in [0.2, 0.25) is 0 Å². The van der Waals surface area contributed by atoms with Gasteiger partial charge in [-0.2, -0.15) is 0 Å². The molecule has 670 valence electrons. The van der Waals surface area contributed by atoms with E-state index < -0.39 is 0 Å². The highest BCUT2D eigenvalue weighted by molar-refractivity contribution is 6.42. The molecule has 34 nitrogen and oxygen atoms in total. The molecular formula is C86H113Cl5N26O8. The first-order chi connectivity index (χ1) is 60.2. The van der Waals surface area contributed by atoms with Gasteiger partial charge in [-0.05, 0) is 189 Å². The molecule has 125 heavy (non-hydrogen) atoms. The summed E-state index contributed by atoms with van der Waals surface area (Å²) in [5.41, 5.74) is 4.68. The van der Waals surface area contributed by atoms with Gasteiger partial charge >= 0.3 is 22.8 Å². The maximum Gasteiger partial charge on any atom is 0.332 e. The van der Waals surface area contributed by atoms with Crippen molar-refractivity contribution in [3.8, 4) is 0 Å². The lowest BCUT2D eigenvalue weighted by Crippen LogP contribution is -2.37. The molecule has 16 rings (SSSR count). The van der Waals surface area contributed by atoms with Crippen LogP contribution in [-0.2, 0) is 109 Å². The third-order valence-electron chi connectivity index (χ3n) is 24.2. The standard InChI is InChI=1S/2C22H28Cl2N6O2.C22H29ClN6O2.C20H28N8O2/c1-26-20-19(21(31)27(2)22(26)32)30(15-25-20)10-4-8-28-7-3-9-29(12-11-28)14-16-5-6-17(23)13-18(16)24;1-26-20-19(21(31)27(2)22(26)32)30(15-25-20)10-4-8-28-7-3-9-29(12-11-28)14-16-5-6-17(23)18(24)13-16;1-25-20-19(21(30)26(2)22(25)31)29(16-24-20)12-4-10-27-9-3-11-28(14-13-27)15-17-5-7-18(23)8-6-17;1-24-18-17(19(29)25(2)20(24)30)28(15-23-18)11-5-9-26-8-4-10-27(13-12-26)14-16-21-6-3-7-22-16/h2*5-6,13,15H,3-4,7-12,14H2,1-2H3;5-8,16H,3-4,9-15H2,1-2H3;3,6-7,15H,4-5,8-14H2,1-2H3. The SMILES string of the molecule is Cn1c(=O)c2c(ncn2CCCN2CCCN(Cc3ccc(Cl)c(Cl)c3)CC2)n(C)c1=O.Cn1c(=O)c2c(ncn2CCCN2CCCN(Cc3ccc(Cl)cc3)CC2)n(C)c1=O.Cn1c(=O)c2c(ncn2CCCN2CCCN(Cc3ccc(Cl)cc3Cl)CC2)n(C)c1=O.Cn1c(=O)c2c(ncn2CCCN2CCCN(Cc3ncccn3)CC2)n(C)c1=O. The minimum Gasteiger partial charge on any atom is -0.325 e. The van der Waals surface area contributed by atoms with Crippen LogP contribution in [0.25, 0.3) is 44.7 Å². The van der Waals surface area contributed by atoms with Gasteiger partial charge < -0.3 is 37.9 Å². The number of halogens is 5. The number of aromatic nitrogens is 18. The minimum atomic E-state index is -0.359. The normalized spacial score (nSPS) is 16.1. The lowest BCUT2D eigenvalue weighted by atomic mass is 10.2. The molecular weight excluding hydrogens is 1700 g/mol. The molecule has 0 spiro atoms. The molecule has 0 radical (unpaired) electrons. The summed E-state index contributed by atoms with van der Waals surface area (Å²) in [6, 6.07) is 21.5. The van der Waals surface area contributed by atoms with E-state index in [-0.39, 0.29) is 45.0 Å². The summed E-state index contributed by atoms with van der Waals surface area (Å²) in [4.78, 5) is 144. The van der Waals surface area contributed by atoms with Crippen molar-refractivity contribution in [2.75, 3.05) is 131 Å². The van der Waals surface area contributed by atoms with Gasteiger partial charge in [-0.15, -0.1) is 0 Å². The van der Waals surface area contributed by atoms with Gasteiger partial charge in [-0.25, -0.2) is 49.1 Å². The number of hydrogen-bond donors (Lipinski definition) is 0. The van der Waals surface area contributed by atoms with E-state index in [1.54, 1.807) is 72.0 Å². The second-order valence-electron chi connectivity index (χ2n) is 32.8. The van der Waals surface area contributed by atoms with Gasteiger partial charge in [0.25, 0.3) is 22.2 Å². The quantitative estimate of drug-likeness (QED) is 0.0652. The predicted octanol–water partition coefficient (Wildman–Crippen LogP) is 6.18. The Hall–Kier alpha value is -9.53. The number of hydrogen-bond acceptors (Lipinski definition) is 22. The number of rotatable bonds is 24. The number of nitrogens with zero attached hydrogens (tertiary/aromatic N) is 26. The maximum absolute atomic E-state index is 12.6. The molecule has 0 saturated carbocycles. The fraction of sp³-hybridized carbons (Fsp3) is 0.512. The van der Waals surface area contributed by atoms with E-state index in [0.29, 0.717) is 85.9 Å². The third-order valence-corrected chi connectivity index (χ3v) is 25.8. The van der Waals surface area contributed by atoms with Crippen LogP contribution in [0.3, 0.4) is 0 Å². The van der Waals surface area contributed by atoms with Crippen molar-refractivity contribution in [3.63, 3.8) is 0 Å². The molecule has 0 amide bonds. The summed E-state index contributed by atoms with van der Waals surface area (Å²) < 4.78 is 17.7. The van der Waals surface area contributed by atoms with Crippen molar-refractivity contribution in [1.29, 1.82) is 0 Å². The molecule has 0 N–H and O–H groups in total. The van der Waals surface area contributed by atoms with Gasteiger partial charge in [0, 0.05) is 182 Å². The number of fused-ring (bicyclic) bond motifs is 4. The highest BCUT2D eigenvalue weighted by atomic mass is 35.5.